The van der Waals surface area contributed by atoms with Gasteiger partial charge in [-0.15, -0.1) is 5.10 Å². The summed E-state index contributed by atoms with van der Waals surface area (Å²) < 4.78 is 12.3. The van der Waals surface area contributed by atoms with Crippen molar-refractivity contribution in [2.24, 2.45) is 13.0 Å². The van der Waals surface area contributed by atoms with Crippen molar-refractivity contribution < 1.29 is 9.47 Å². The molecule has 4 rings (SSSR count). The maximum Gasteiger partial charge on any atom is 0.269 e. The van der Waals surface area contributed by atoms with Crippen LogP contribution in [0.4, 0.5) is 0 Å². The molecular weight excluding hydrogens is 360 g/mol. The van der Waals surface area contributed by atoms with E-state index in [9.17, 15) is 4.79 Å². The smallest absolute Gasteiger partial charge is 0.269 e. The topological polar surface area (TPSA) is 108 Å². The van der Waals surface area contributed by atoms with E-state index < -0.39 is 0 Å². The minimum Gasteiger partial charge on any atom is -0.495 e. The van der Waals surface area contributed by atoms with Gasteiger partial charge in [0.05, 0.1) is 31.8 Å². The van der Waals surface area contributed by atoms with Crippen LogP contribution in [0, 0.1) is 5.92 Å². The number of rotatable bonds is 8. The van der Waals surface area contributed by atoms with Gasteiger partial charge in [0.15, 0.2) is 0 Å². The highest BCUT2D eigenvalue weighted by Crippen LogP contribution is 2.46. The van der Waals surface area contributed by atoms with Gasteiger partial charge in [-0.05, 0) is 31.4 Å². The number of H-pyrrole nitrogens is 1. The second-order valence-corrected chi connectivity index (χ2v) is 6.93. The molecule has 9 heteroatoms. The molecule has 9 nitrogen and oxygen atoms in total. The number of hydrogen-bond acceptors (Lipinski definition) is 7. The summed E-state index contributed by atoms with van der Waals surface area (Å²) in [5, 5.41) is 14.6. The van der Waals surface area contributed by atoms with E-state index >= 15 is 0 Å². The quantitative estimate of drug-likeness (QED) is 0.625. The van der Waals surface area contributed by atoms with E-state index in [0.717, 1.165) is 23.6 Å². The van der Waals surface area contributed by atoms with Gasteiger partial charge in [-0.2, -0.15) is 15.4 Å². The van der Waals surface area contributed by atoms with Crippen molar-refractivity contribution >= 4 is 0 Å². The van der Waals surface area contributed by atoms with Crippen molar-refractivity contribution in [3.05, 3.63) is 57.9 Å². The maximum absolute atomic E-state index is 12.3. The molecule has 3 heterocycles. The van der Waals surface area contributed by atoms with Crippen LogP contribution in [0.5, 0.6) is 11.6 Å². The zero-order chi connectivity index (χ0) is 19.5. The summed E-state index contributed by atoms with van der Waals surface area (Å²) in [5.74, 6) is 2.01. The molecule has 3 aromatic rings. The molecule has 0 spiro atoms. The van der Waals surface area contributed by atoms with Crippen LogP contribution < -0.4 is 15.0 Å². The lowest BCUT2D eigenvalue weighted by Gasteiger charge is -2.09. The number of methoxy groups -OCH3 is 1. The molecule has 1 N–H and O–H groups in total. The molecule has 0 aromatic carbocycles. The van der Waals surface area contributed by atoms with Crippen molar-refractivity contribution in [1.82, 2.24) is 30.2 Å². The van der Waals surface area contributed by atoms with Crippen LogP contribution in [-0.4, -0.2) is 43.9 Å². The van der Waals surface area contributed by atoms with E-state index in [-0.39, 0.29) is 5.56 Å². The molecule has 1 saturated carbocycles. The first kappa shape index (κ1) is 18.1. The molecule has 3 aromatic heterocycles. The molecule has 0 amide bonds. The Morgan fingerprint density at radius 2 is 2.18 bits per heavy atom. The van der Waals surface area contributed by atoms with Gasteiger partial charge in [0.2, 0.25) is 5.88 Å². The van der Waals surface area contributed by atoms with Gasteiger partial charge in [-0.1, -0.05) is 0 Å². The highest BCUT2D eigenvalue weighted by atomic mass is 16.5. The van der Waals surface area contributed by atoms with E-state index in [1.54, 1.807) is 32.6 Å². The summed E-state index contributed by atoms with van der Waals surface area (Å²) in [6.45, 7) is 0.548. The van der Waals surface area contributed by atoms with Crippen LogP contribution in [0.15, 0.2) is 35.4 Å². The molecule has 0 aliphatic heterocycles. The van der Waals surface area contributed by atoms with E-state index in [2.05, 4.69) is 25.5 Å². The zero-order valence-corrected chi connectivity index (χ0v) is 15.8. The van der Waals surface area contributed by atoms with E-state index in [1.807, 2.05) is 12.1 Å². The van der Waals surface area contributed by atoms with Crippen LogP contribution in [-0.2, 0) is 19.9 Å². The normalized spacial score (nSPS) is 18.1. The van der Waals surface area contributed by atoms with Gasteiger partial charge in [0, 0.05) is 36.2 Å². The van der Waals surface area contributed by atoms with Gasteiger partial charge in [0.25, 0.3) is 5.56 Å². The predicted octanol–water partition coefficient (Wildman–Crippen LogP) is 1.27. The first-order valence-electron chi connectivity index (χ1n) is 9.18. The van der Waals surface area contributed by atoms with Crippen LogP contribution in [0.3, 0.4) is 0 Å². The maximum atomic E-state index is 12.3. The third kappa shape index (κ3) is 4.03. The minimum atomic E-state index is -0.123. The first-order valence-corrected chi connectivity index (χ1v) is 9.18. The van der Waals surface area contributed by atoms with Crippen molar-refractivity contribution in [3.8, 4) is 11.6 Å². The standard InChI is InChI=1S/C19H22N6O3/c1-25-19(26)12(3-4-14-9-21-24-22-14)8-18(23-25)28-11-13-7-16(13)17-6-5-15(27-2)10-20-17/h5-6,8-10,13,16H,3-4,7,11H2,1-2H3,(H,21,22,24)/t13-,16+/m1/s1. The molecule has 1 aliphatic rings. The van der Waals surface area contributed by atoms with Crippen LogP contribution >= 0.6 is 0 Å². The lowest BCUT2D eigenvalue weighted by Crippen LogP contribution is -2.24. The van der Waals surface area contributed by atoms with E-state index in [4.69, 9.17) is 9.47 Å². The van der Waals surface area contributed by atoms with E-state index in [1.165, 1.54) is 4.68 Å². The molecule has 1 fully saturated rings. The third-order valence-corrected chi connectivity index (χ3v) is 4.97. The average Bonchev–Trinajstić information content (AvgIpc) is 3.30. The SMILES string of the molecule is COc1ccc([C@H]2C[C@@H]2COc2cc(CCc3cn[nH]n3)c(=O)n(C)n2)nc1. The fraction of sp³-hybridized carbons (Fsp3) is 0.421. The average molecular weight is 382 g/mol. The number of aromatic amines is 1. The van der Waals surface area contributed by atoms with Gasteiger partial charge < -0.3 is 9.47 Å². The summed E-state index contributed by atoms with van der Waals surface area (Å²) in [6.07, 6.45) is 5.61. The second kappa shape index (κ2) is 7.79. The zero-order valence-electron chi connectivity index (χ0n) is 15.8. The van der Waals surface area contributed by atoms with Gasteiger partial charge in [0.1, 0.15) is 5.75 Å². The van der Waals surface area contributed by atoms with Crippen LogP contribution in [0.2, 0.25) is 0 Å². The third-order valence-electron chi connectivity index (χ3n) is 4.97. The van der Waals surface area contributed by atoms with Crippen molar-refractivity contribution in [1.29, 1.82) is 0 Å². The number of pyridine rings is 1. The molecule has 28 heavy (non-hydrogen) atoms. The van der Waals surface area contributed by atoms with Crippen LogP contribution in [0.25, 0.3) is 0 Å². The van der Waals surface area contributed by atoms with Gasteiger partial charge in [-0.25, -0.2) is 4.68 Å². The minimum absolute atomic E-state index is 0.123. The summed E-state index contributed by atoms with van der Waals surface area (Å²) in [7, 11) is 3.26. The summed E-state index contributed by atoms with van der Waals surface area (Å²) >= 11 is 0. The molecule has 0 unspecified atom stereocenters. The first-order chi connectivity index (χ1) is 13.6. The second-order valence-electron chi connectivity index (χ2n) is 6.93. The largest absolute Gasteiger partial charge is 0.495 e. The molecule has 1 aliphatic carbocycles. The highest BCUT2D eigenvalue weighted by Gasteiger charge is 2.40. The van der Waals surface area contributed by atoms with Crippen molar-refractivity contribution in [2.45, 2.75) is 25.2 Å². The van der Waals surface area contributed by atoms with Gasteiger partial charge >= 0.3 is 0 Å². The van der Waals surface area contributed by atoms with Crippen LogP contribution in [0.1, 0.15) is 29.3 Å². The molecular formula is C19H22N6O3. The Balaban J connectivity index is 1.36. The molecule has 0 saturated heterocycles. The summed E-state index contributed by atoms with van der Waals surface area (Å²) in [4.78, 5) is 16.8. The molecule has 0 radical (unpaired) electrons. The van der Waals surface area contributed by atoms with Gasteiger partial charge in [-0.3, -0.25) is 9.78 Å². The number of ether oxygens (including phenoxy) is 2. The lowest BCUT2D eigenvalue weighted by molar-refractivity contribution is 0.277. The summed E-state index contributed by atoms with van der Waals surface area (Å²) in [5.41, 5.74) is 2.40. The Morgan fingerprint density at radius 3 is 2.89 bits per heavy atom. The fourth-order valence-electron chi connectivity index (χ4n) is 3.22. The number of aromatic nitrogens is 6. The summed E-state index contributed by atoms with van der Waals surface area (Å²) in [6, 6.07) is 5.65. The highest BCUT2D eigenvalue weighted by molar-refractivity contribution is 5.25. The molecule has 0 bridgehead atoms. The van der Waals surface area contributed by atoms with E-state index in [0.29, 0.717) is 42.7 Å². The molecule has 146 valence electrons. The fourth-order valence-corrected chi connectivity index (χ4v) is 3.22. The Morgan fingerprint density at radius 1 is 1.29 bits per heavy atom. The number of aryl methyl sites for hydroxylation is 3. The number of hydrogen-bond donors (Lipinski definition) is 1. The van der Waals surface area contributed by atoms with Crippen molar-refractivity contribution in [3.63, 3.8) is 0 Å². The monoisotopic (exact) mass is 382 g/mol. The Labute approximate surface area is 161 Å². The number of nitrogens with one attached hydrogen (secondary N) is 1. The Bertz CT molecular complexity index is 984. The Hall–Kier alpha value is -3.23. The van der Waals surface area contributed by atoms with Crippen molar-refractivity contribution in [2.75, 3.05) is 13.7 Å². The lowest BCUT2D eigenvalue weighted by atomic mass is 10.1. The predicted molar refractivity (Wildman–Crippen MR) is 100 cm³/mol. The number of nitrogens with zero attached hydrogens (tertiary/aromatic N) is 5. The molecule has 2 atom stereocenters. The Kier molecular flexibility index (Phi) is 5.05.